The maximum atomic E-state index is 12.5. The van der Waals surface area contributed by atoms with Crippen LogP contribution in [0.2, 0.25) is 0 Å². The number of aromatic hydroxyl groups is 1. The van der Waals surface area contributed by atoms with Gasteiger partial charge in [-0.1, -0.05) is 42.5 Å². The van der Waals surface area contributed by atoms with E-state index in [0.717, 1.165) is 29.9 Å². The van der Waals surface area contributed by atoms with Gasteiger partial charge in [0.1, 0.15) is 5.75 Å². The largest absolute Gasteiger partial charge is 0.508 e. The van der Waals surface area contributed by atoms with Crippen molar-refractivity contribution in [2.75, 3.05) is 37.7 Å². The summed E-state index contributed by atoms with van der Waals surface area (Å²) in [4.78, 5) is 28.8. The van der Waals surface area contributed by atoms with E-state index in [2.05, 4.69) is 17.0 Å². The molecule has 0 atom stereocenters. The molecule has 1 heterocycles. The van der Waals surface area contributed by atoms with Gasteiger partial charge < -0.3 is 19.6 Å². The number of rotatable bonds is 5. The number of nitrogens with zero attached hydrogens (tertiary/aromatic N) is 2. The molecule has 1 N–H and O–H groups in total. The lowest BCUT2D eigenvalue weighted by atomic mass is 10.0. The highest BCUT2D eigenvalue weighted by atomic mass is 16.5. The first-order chi connectivity index (χ1) is 15.1. The Balaban J connectivity index is 1.27. The van der Waals surface area contributed by atoms with Crippen molar-refractivity contribution in [1.82, 2.24) is 4.90 Å². The van der Waals surface area contributed by atoms with Crippen LogP contribution in [0.5, 0.6) is 5.75 Å². The maximum absolute atomic E-state index is 12.5. The Morgan fingerprint density at radius 3 is 1.97 bits per heavy atom. The molecule has 1 aliphatic rings. The number of ether oxygens (including phenoxy) is 1. The zero-order valence-corrected chi connectivity index (χ0v) is 17.1. The Morgan fingerprint density at radius 1 is 0.774 bits per heavy atom. The van der Waals surface area contributed by atoms with E-state index in [1.807, 2.05) is 30.3 Å². The summed E-state index contributed by atoms with van der Waals surface area (Å²) >= 11 is 0. The lowest BCUT2D eigenvalue weighted by molar-refractivity contribution is -0.134. The van der Waals surface area contributed by atoms with Crippen molar-refractivity contribution in [1.29, 1.82) is 0 Å². The van der Waals surface area contributed by atoms with Gasteiger partial charge in [-0.2, -0.15) is 0 Å². The Morgan fingerprint density at radius 2 is 1.35 bits per heavy atom. The topological polar surface area (TPSA) is 70.1 Å². The Labute approximate surface area is 181 Å². The molecule has 0 unspecified atom stereocenters. The highest BCUT2D eigenvalue weighted by Crippen LogP contribution is 2.22. The quantitative estimate of drug-likeness (QED) is 0.644. The van der Waals surface area contributed by atoms with E-state index < -0.39 is 5.97 Å². The van der Waals surface area contributed by atoms with Gasteiger partial charge in [-0.3, -0.25) is 4.79 Å². The molecule has 1 aliphatic heterocycles. The Bertz CT molecular complexity index is 1030. The molecule has 4 rings (SSSR count). The number of anilines is 1. The zero-order valence-electron chi connectivity index (χ0n) is 17.1. The van der Waals surface area contributed by atoms with Crippen LogP contribution in [0.4, 0.5) is 5.69 Å². The average Bonchev–Trinajstić information content (AvgIpc) is 2.83. The smallest absolute Gasteiger partial charge is 0.338 e. The number of benzene rings is 3. The average molecular weight is 416 g/mol. The molecule has 6 heteroatoms. The van der Waals surface area contributed by atoms with E-state index in [1.165, 1.54) is 0 Å². The van der Waals surface area contributed by atoms with Gasteiger partial charge in [0.15, 0.2) is 6.61 Å². The number of para-hydroxylation sites is 1. The van der Waals surface area contributed by atoms with E-state index in [0.29, 0.717) is 18.7 Å². The SMILES string of the molecule is O=C(OCC(=O)N1CCN(c2ccccc2)CC1)c1ccc(-c2ccc(O)cc2)cc1. The lowest BCUT2D eigenvalue weighted by Crippen LogP contribution is -2.49. The molecule has 3 aromatic carbocycles. The van der Waals surface area contributed by atoms with Crippen molar-refractivity contribution >= 4 is 17.6 Å². The number of hydrogen-bond donors (Lipinski definition) is 1. The molecule has 158 valence electrons. The third-order valence-corrected chi connectivity index (χ3v) is 5.40. The Hall–Kier alpha value is -3.80. The number of carbonyl (C=O) groups excluding carboxylic acids is 2. The van der Waals surface area contributed by atoms with Crippen LogP contribution in [-0.2, 0) is 9.53 Å². The fourth-order valence-corrected chi connectivity index (χ4v) is 3.61. The van der Waals surface area contributed by atoms with E-state index in [-0.39, 0.29) is 18.3 Å². The molecule has 0 spiro atoms. The van der Waals surface area contributed by atoms with Gasteiger partial charge in [-0.25, -0.2) is 4.79 Å². The summed E-state index contributed by atoms with van der Waals surface area (Å²) in [5.74, 6) is -0.495. The van der Waals surface area contributed by atoms with Crippen LogP contribution in [0.15, 0.2) is 78.9 Å². The van der Waals surface area contributed by atoms with Crippen molar-refractivity contribution in [3.63, 3.8) is 0 Å². The fourth-order valence-electron chi connectivity index (χ4n) is 3.61. The molecule has 6 nitrogen and oxygen atoms in total. The van der Waals surface area contributed by atoms with Crippen molar-refractivity contribution in [2.45, 2.75) is 0 Å². The second-order valence-electron chi connectivity index (χ2n) is 7.40. The molecule has 1 saturated heterocycles. The van der Waals surface area contributed by atoms with Gasteiger partial charge >= 0.3 is 5.97 Å². The third-order valence-electron chi connectivity index (χ3n) is 5.40. The Kier molecular flexibility index (Phi) is 6.17. The van der Waals surface area contributed by atoms with Gasteiger partial charge in [-0.15, -0.1) is 0 Å². The van der Waals surface area contributed by atoms with Gasteiger partial charge in [0.2, 0.25) is 0 Å². The van der Waals surface area contributed by atoms with Crippen LogP contribution in [0, 0.1) is 0 Å². The van der Waals surface area contributed by atoms with E-state index in [1.54, 1.807) is 41.3 Å². The molecule has 1 amide bonds. The lowest BCUT2D eigenvalue weighted by Gasteiger charge is -2.36. The fraction of sp³-hybridized carbons (Fsp3) is 0.200. The standard InChI is InChI=1S/C25H24N2O4/c28-23-12-10-20(11-13-23)19-6-8-21(9-7-19)25(30)31-18-24(29)27-16-14-26(15-17-27)22-4-2-1-3-5-22/h1-13,28H,14-18H2. The predicted octanol–water partition coefficient (Wildman–Crippen LogP) is 3.56. The zero-order chi connectivity index (χ0) is 21.6. The molecule has 0 radical (unpaired) electrons. The summed E-state index contributed by atoms with van der Waals surface area (Å²) in [6, 6.07) is 23.9. The van der Waals surface area contributed by atoms with Crippen molar-refractivity contribution in [2.24, 2.45) is 0 Å². The van der Waals surface area contributed by atoms with Crippen LogP contribution in [-0.4, -0.2) is 54.7 Å². The van der Waals surface area contributed by atoms with Crippen molar-refractivity contribution < 1.29 is 19.4 Å². The first-order valence-corrected chi connectivity index (χ1v) is 10.2. The van der Waals surface area contributed by atoms with Crippen LogP contribution >= 0.6 is 0 Å². The highest BCUT2D eigenvalue weighted by Gasteiger charge is 2.22. The summed E-state index contributed by atoms with van der Waals surface area (Å²) in [5, 5.41) is 9.39. The number of esters is 1. The van der Waals surface area contributed by atoms with E-state index in [4.69, 9.17) is 4.74 Å². The molecule has 1 fully saturated rings. The summed E-state index contributed by atoms with van der Waals surface area (Å²) in [7, 11) is 0. The number of phenols is 1. The van der Waals surface area contributed by atoms with Crippen LogP contribution < -0.4 is 4.90 Å². The number of amides is 1. The first kappa shape index (κ1) is 20.5. The number of piperazine rings is 1. The molecule has 31 heavy (non-hydrogen) atoms. The number of hydrogen-bond acceptors (Lipinski definition) is 5. The molecule has 0 bridgehead atoms. The molecule has 3 aromatic rings. The second kappa shape index (κ2) is 9.34. The van der Waals surface area contributed by atoms with Gasteiger partial charge in [0, 0.05) is 31.9 Å². The summed E-state index contributed by atoms with van der Waals surface area (Å²) in [6.45, 7) is 2.45. The van der Waals surface area contributed by atoms with Gasteiger partial charge in [0.05, 0.1) is 5.56 Å². The van der Waals surface area contributed by atoms with Crippen molar-refractivity contribution in [3.05, 3.63) is 84.4 Å². The number of phenolic OH excluding ortho intramolecular Hbond substituents is 1. The summed E-state index contributed by atoms with van der Waals surface area (Å²) in [5.41, 5.74) is 3.40. The summed E-state index contributed by atoms with van der Waals surface area (Å²) in [6.07, 6.45) is 0. The monoisotopic (exact) mass is 416 g/mol. The van der Waals surface area contributed by atoms with Gasteiger partial charge in [0.25, 0.3) is 5.91 Å². The third kappa shape index (κ3) is 5.04. The highest BCUT2D eigenvalue weighted by molar-refractivity contribution is 5.92. The molecular formula is C25H24N2O4. The van der Waals surface area contributed by atoms with E-state index in [9.17, 15) is 14.7 Å². The minimum absolute atomic E-state index is 0.179. The van der Waals surface area contributed by atoms with Crippen LogP contribution in [0.25, 0.3) is 11.1 Å². The number of carbonyl (C=O) groups is 2. The molecular weight excluding hydrogens is 392 g/mol. The molecule has 0 saturated carbocycles. The predicted molar refractivity (Wildman–Crippen MR) is 119 cm³/mol. The summed E-state index contributed by atoms with van der Waals surface area (Å²) < 4.78 is 5.24. The molecule has 0 aliphatic carbocycles. The maximum Gasteiger partial charge on any atom is 0.338 e. The minimum Gasteiger partial charge on any atom is -0.508 e. The second-order valence-corrected chi connectivity index (χ2v) is 7.40. The van der Waals surface area contributed by atoms with Gasteiger partial charge in [-0.05, 0) is 47.5 Å². The van der Waals surface area contributed by atoms with Crippen LogP contribution in [0.1, 0.15) is 10.4 Å². The van der Waals surface area contributed by atoms with Crippen LogP contribution in [0.3, 0.4) is 0 Å². The normalized spacial score (nSPS) is 13.7. The van der Waals surface area contributed by atoms with Crippen molar-refractivity contribution in [3.8, 4) is 16.9 Å². The minimum atomic E-state index is -0.520. The molecule has 0 aromatic heterocycles. The van der Waals surface area contributed by atoms with E-state index >= 15 is 0 Å². The first-order valence-electron chi connectivity index (χ1n) is 10.2.